The highest BCUT2D eigenvalue weighted by Gasteiger charge is 2.41. The Hall–Kier alpha value is -2.57. The van der Waals surface area contributed by atoms with Crippen LogP contribution in [0.3, 0.4) is 0 Å². The first kappa shape index (κ1) is 16.8. The van der Waals surface area contributed by atoms with Gasteiger partial charge in [0, 0.05) is 0 Å². The van der Waals surface area contributed by atoms with Crippen molar-refractivity contribution in [2.75, 3.05) is 0 Å². The van der Waals surface area contributed by atoms with Crippen molar-refractivity contribution in [3.05, 3.63) is 65.2 Å². The molecule has 0 heterocycles. The molecule has 0 aliphatic heterocycles. The molecule has 0 radical (unpaired) electrons. The third kappa shape index (κ3) is 2.99. The number of amides is 1. The van der Waals surface area contributed by atoms with E-state index >= 15 is 0 Å². The molecule has 0 aliphatic carbocycles. The van der Waals surface area contributed by atoms with E-state index in [0.717, 1.165) is 6.07 Å². The molecule has 2 aromatic rings. The van der Waals surface area contributed by atoms with Crippen molar-refractivity contribution in [1.82, 2.24) is 0 Å². The molecule has 7 heteroatoms. The molecule has 0 saturated heterocycles. The van der Waals surface area contributed by atoms with Gasteiger partial charge in [-0.2, -0.15) is 8.78 Å². The second kappa shape index (κ2) is 6.28. The first-order valence-corrected chi connectivity index (χ1v) is 6.57. The molecule has 0 bridgehead atoms. The second-order valence-electron chi connectivity index (χ2n) is 4.97. The van der Waals surface area contributed by atoms with Gasteiger partial charge in [-0.25, -0.2) is 8.78 Å². The topological polar surface area (TPSA) is 52.3 Å². The monoisotopic (exact) mass is 327 g/mol. The van der Waals surface area contributed by atoms with Crippen LogP contribution >= 0.6 is 0 Å². The summed E-state index contributed by atoms with van der Waals surface area (Å²) in [7, 11) is 0. The number of carbonyl (C=O) groups is 1. The van der Waals surface area contributed by atoms with Gasteiger partial charge in [-0.15, -0.1) is 0 Å². The van der Waals surface area contributed by atoms with Gasteiger partial charge in [-0.3, -0.25) is 4.79 Å². The summed E-state index contributed by atoms with van der Waals surface area (Å²) in [4.78, 5) is 12.0. The fraction of sp³-hybridized carbons (Fsp3) is 0.188. The quantitative estimate of drug-likeness (QED) is 0.856. The lowest BCUT2D eigenvalue weighted by Gasteiger charge is -2.29. The van der Waals surface area contributed by atoms with Crippen molar-refractivity contribution in [2.45, 2.75) is 19.0 Å². The van der Waals surface area contributed by atoms with Gasteiger partial charge in [0.2, 0.25) is 5.91 Å². The summed E-state index contributed by atoms with van der Waals surface area (Å²) < 4.78 is 57.4. The first-order valence-electron chi connectivity index (χ1n) is 6.57. The molecule has 122 valence electrons. The lowest BCUT2D eigenvalue weighted by molar-refractivity contribution is -0.122. The molecule has 23 heavy (non-hydrogen) atoms. The fourth-order valence-corrected chi connectivity index (χ4v) is 2.37. The lowest BCUT2D eigenvalue weighted by Crippen LogP contribution is -2.41. The number of benzene rings is 2. The standard InChI is InChI=1S/C16H13F4NO2/c1-16(14(21)22,9-5-3-2-4-6-9)12-11(23-15(19)20)8-7-10(17)13(12)18/h2-8,15H,1H3,(H2,21,22). The first-order chi connectivity index (χ1) is 10.8. The minimum Gasteiger partial charge on any atom is -0.434 e. The van der Waals surface area contributed by atoms with Crippen LogP contribution in [0.5, 0.6) is 5.75 Å². The summed E-state index contributed by atoms with van der Waals surface area (Å²) >= 11 is 0. The average molecular weight is 327 g/mol. The van der Waals surface area contributed by atoms with Crippen LogP contribution in [0.1, 0.15) is 18.1 Å². The van der Waals surface area contributed by atoms with Crippen molar-refractivity contribution < 1.29 is 27.1 Å². The van der Waals surface area contributed by atoms with Crippen LogP contribution in [0.2, 0.25) is 0 Å². The van der Waals surface area contributed by atoms with Crippen LogP contribution in [0, 0.1) is 11.6 Å². The van der Waals surface area contributed by atoms with Gasteiger partial charge in [0.25, 0.3) is 0 Å². The highest BCUT2D eigenvalue weighted by atomic mass is 19.3. The SMILES string of the molecule is CC(C(N)=O)(c1ccccc1)c1c(OC(F)F)ccc(F)c1F. The van der Waals surface area contributed by atoms with Crippen molar-refractivity contribution in [2.24, 2.45) is 5.73 Å². The molecule has 3 nitrogen and oxygen atoms in total. The third-order valence-electron chi connectivity index (χ3n) is 3.62. The minimum absolute atomic E-state index is 0.219. The molecular weight excluding hydrogens is 314 g/mol. The largest absolute Gasteiger partial charge is 0.434 e. The summed E-state index contributed by atoms with van der Waals surface area (Å²) in [5.41, 5.74) is 3.04. The Kier molecular flexibility index (Phi) is 4.58. The van der Waals surface area contributed by atoms with Gasteiger partial charge in [-0.1, -0.05) is 30.3 Å². The molecular formula is C16H13F4NO2. The van der Waals surface area contributed by atoms with Crippen molar-refractivity contribution in [3.8, 4) is 5.75 Å². The third-order valence-corrected chi connectivity index (χ3v) is 3.62. The predicted octanol–water partition coefficient (Wildman–Crippen LogP) is 3.36. The van der Waals surface area contributed by atoms with Crippen LogP contribution in [-0.2, 0) is 10.2 Å². The van der Waals surface area contributed by atoms with E-state index in [-0.39, 0.29) is 5.56 Å². The van der Waals surface area contributed by atoms with Crippen LogP contribution in [0.15, 0.2) is 42.5 Å². The Labute approximate surface area is 129 Å². The number of ether oxygens (including phenoxy) is 1. The Balaban J connectivity index is 2.78. The highest BCUT2D eigenvalue weighted by Crippen LogP contribution is 2.40. The highest BCUT2D eigenvalue weighted by molar-refractivity contribution is 5.91. The lowest BCUT2D eigenvalue weighted by atomic mass is 9.75. The number of carbonyl (C=O) groups excluding carboxylic acids is 1. The molecule has 2 aromatic carbocycles. The number of alkyl halides is 2. The molecule has 0 aromatic heterocycles. The molecule has 0 fully saturated rings. The van der Waals surface area contributed by atoms with E-state index in [0.29, 0.717) is 6.07 Å². The Morgan fingerprint density at radius 1 is 1.13 bits per heavy atom. The van der Waals surface area contributed by atoms with Crippen molar-refractivity contribution in [1.29, 1.82) is 0 Å². The zero-order valence-electron chi connectivity index (χ0n) is 12.0. The number of hydrogen-bond acceptors (Lipinski definition) is 2. The van der Waals surface area contributed by atoms with Crippen molar-refractivity contribution in [3.63, 3.8) is 0 Å². The molecule has 1 unspecified atom stereocenters. The summed E-state index contributed by atoms with van der Waals surface area (Å²) in [6.45, 7) is -2.05. The van der Waals surface area contributed by atoms with Gasteiger partial charge in [-0.05, 0) is 24.6 Å². The predicted molar refractivity (Wildman–Crippen MR) is 75.1 cm³/mol. The van der Waals surface area contributed by atoms with Gasteiger partial charge < -0.3 is 10.5 Å². The average Bonchev–Trinajstić information content (AvgIpc) is 2.51. The van der Waals surface area contributed by atoms with E-state index in [9.17, 15) is 22.4 Å². The van der Waals surface area contributed by atoms with E-state index in [1.165, 1.54) is 19.1 Å². The second-order valence-corrected chi connectivity index (χ2v) is 4.97. The smallest absolute Gasteiger partial charge is 0.387 e. The molecule has 0 spiro atoms. The van der Waals surface area contributed by atoms with Gasteiger partial charge >= 0.3 is 6.61 Å². The molecule has 0 aliphatic rings. The summed E-state index contributed by atoms with van der Waals surface area (Å²) in [6, 6.07) is 9.15. The van der Waals surface area contributed by atoms with Gasteiger partial charge in [0.05, 0.1) is 5.56 Å². The zero-order chi connectivity index (χ0) is 17.2. The van der Waals surface area contributed by atoms with Crippen LogP contribution in [0.25, 0.3) is 0 Å². The maximum absolute atomic E-state index is 14.3. The van der Waals surface area contributed by atoms with E-state index in [4.69, 9.17) is 5.73 Å². The summed E-state index contributed by atoms with van der Waals surface area (Å²) in [6.07, 6.45) is 0. The van der Waals surface area contributed by atoms with Gasteiger partial charge in [0.1, 0.15) is 11.2 Å². The summed E-state index contributed by atoms with van der Waals surface area (Å²) in [5, 5.41) is 0. The van der Waals surface area contributed by atoms with Crippen LogP contribution in [0.4, 0.5) is 17.6 Å². The molecule has 2 N–H and O–H groups in total. The maximum Gasteiger partial charge on any atom is 0.387 e. The number of primary amides is 1. The van der Waals surface area contributed by atoms with Crippen molar-refractivity contribution >= 4 is 5.91 Å². The van der Waals surface area contributed by atoms with E-state index in [1.54, 1.807) is 18.2 Å². The van der Waals surface area contributed by atoms with E-state index in [2.05, 4.69) is 4.74 Å². The molecule has 2 rings (SSSR count). The summed E-state index contributed by atoms with van der Waals surface area (Å²) in [5.74, 6) is -4.45. The number of hydrogen-bond donors (Lipinski definition) is 1. The normalized spacial score (nSPS) is 13.7. The Bertz CT molecular complexity index is 722. The maximum atomic E-state index is 14.3. The fourth-order valence-electron chi connectivity index (χ4n) is 2.37. The Morgan fingerprint density at radius 3 is 2.26 bits per heavy atom. The minimum atomic E-state index is -3.27. The van der Waals surface area contributed by atoms with Gasteiger partial charge in [0.15, 0.2) is 11.6 Å². The number of halogens is 4. The van der Waals surface area contributed by atoms with Crippen LogP contribution in [-0.4, -0.2) is 12.5 Å². The number of rotatable bonds is 5. The van der Waals surface area contributed by atoms with Crippen LogP contribution < -0.4 is 10.5 Å². The molecule has 0 saturated carbocycles. The van der Waals surface area contributed by atoms with E-state index < -0.39 is 40.9 Å². The van der Waals surface area contributed by atoms with E-state index in [1.807, 2.05) is 0 Å². The Morgan fingerprint density at radius 2 is 1.74 bits per heavy atom. The zero-order valence-corrected chi connectivity index (χ0v) is 12.0. The molecule has 1 amide bonds. The number of nitrogens with two attached hydrogens (primary N) is 1. The molecule has 1 atom stereocenters.